The first-order valence-electron chi connectivity index (χ1n) is 5.16. The minimum atomic E-state index is -0.460. The van der Waals surface area contributed by atoms with E-state index < -0.39 is 11.9 Å². The average molecular weight is 240 g/mol. The summed E-state index contributed by atoms with van der Waals surface area (Å²) in [5, 5.41) is 3.93. The molecule has 1 rings (SSSR count). The van der Waals surface area contributed by atoms with Crippen molar-refractivity contribution in [2.24, 2.45) is 7.05 Å². The summed E-state index contributed by atoms with van der Waals surface area (Å²) < 4.78 is 6.19. The van der Waals surface area contributed by atoms with Crippen molar-refractivity contribution in [3.05, 3.63) is 11.9 Å². The van der Waals surface area contributed by atoms with Crippen molar-refractivity contribution in [3.8, 4) is 0 Å². The van der Waals surface area contributed by atoms with E-state index >= 15 is 0 Å². The average Bonchev–Trinajstić information content (AvgIpc) is 2.56. The minimum Gasteiger partial charge on any atom is -0.465 e. The van der Waals surface area contributed by atoms with Gasteiger partial charge in [-0.2, -0.15) is 5.10 Å². The summed E-state index contributed by atoms with van der Waals surface area (Å²) in [5.74, 6) is -0.867. The van der Waals surface area contributed by atoms with Gasteiger partial charge in [0, 0.05) is 20.3 Å². The van der Waals surface area contributed by atoms with Crippen LogP contribution in [0.3, 0.4) is 0 Å². The van der Waals surface area contributed by atoms with Gasteiger partial charge in [-0.15, -0.1) is 0 Å². The molecule has 1 heterocycles. The molecule has 0 radical (unpaired) electrons. The molecule has 0 atom stereocenters. The zero-order valence-electron chi connectivity index (χ0n) is 10.1. The van der Waals surface area contributed by atoms with Crippen LogP contribution < -0.4 is 5.73 Å². The van der Waals surface area contributed by atoms with Gasteiger partial charge in [-0.05, 0) is 6.92 Å². The molecular weight excluding hydrogens is 224 g/mol. The van der Waals surface area contributed by atoms with Crippen molar-refractivity contribution in [2.45, 2.75) is 6.92 Å². The summed E-state index contributed by atoms with van der Waals surface area (Å²) in [6, 6.07) is 0. The number of hydrogen-bond acceptors (Lipinski definition) is 5. The maximum atomic E-state index is 11.9. The van der Waals surface area contributed by atoms with E-state index in [1.807, 2.05) is 0 Å². The molecule has 0 fully saturated rings. The zero-order chi connectivity index (χ0) is 13.0. The Morgan fingerprint density at radius 2 is 2.24 bits per heavy atom. The van der Waals surface area contributed by atoms with Gasteiger partial charge in [-0.1, -0.05) is 0 Å². The number of aryl methyl sites for hydroxylation is 1. The van der Waals surface area contributed by atoms with Crippen molar-refractivity contribution in [1.29, 1.82) is 0 Å². The van der Waals surface area contributed by atoms with Crippen LogP contribution in [0.2, 0.25) is 0 Å². The summed E-state index contributed by atoms with van der Waals surface area (Å²) >= 11 is 0. The second-order valence-corrected chi connectivity index (χ2v) is 3.57. The number of nitrogen functional groups attached to an aromatic ring is 1. The monoisotopic (exact) mass is 240 g/mol. The summed E-state index contributed by atoms with van der Waals surface area (Å²) in [4.78, 5) is 24.3. The molecule has 0 saturated carbocycles. The molecule has 0 spiro atoms. The highest BCUT2D eigenvalue weighted by atomic mass is 16.5. The minimum absolute atomic E-state index is 0.122. The second kappa shape index (κ2) is 5.33. The van der Waals surface area contributed by atoms with E-state index in [-0.39, 0.29) is 24.5 Å². The first kappa shape index (κ1) is 13.0. The van der Waals surface area contributed by atoms with Crippen LogP contribution in [0.25, 0.3) is 0 Å². The molecule has 2 N–H and O–H groups in total. The number of esters is 1. The number of nitrogens with two attached hydrogens (primary N) is 1. The molecule has 1 aromatic rings. The number of likely N-dealkylation sites (N-methyl/N-ethyl adjacent to an activating group) is 1. The first-order chi connectivity index (χ1) is 7.95. The number of carbonyl (C=O) groups excluding carboxylic acids is 2. The highest BCUT2D eigenvalue weighted by molar-refractivity contribution is 5.98. The van der Waals surface area contributed by atoms with Gasteiger partial charge in [0.2, 0.25) is 0 Å². The van der Waals surface area contributed by atoms with E-state index in [1.54, 1.807) is 14.0 Å². The van der Waals surface area contributed by atoms with Crippen molar-refractivity contribution < 1.29 is 14.3 Å². The number of ether oxygens (including phenoxy) is 1. The van der Waals surface area contributed by atoms with Gasteiger partial charge in [0.1, 0.15) is 6.54 Å². The molecule has 0 aliphatic rings. The molecule has 0 aromatic carbocycles. The number of aromatic nitrogens is 2. The quantitative estimate of drug-likeness (QED) is 0.725. The molecule has 7 nitrogen and oxygen atoms in total. The number of carbonyl (C=O) groups is 2. The highest BCUT2D eigenvalue weighted by Crippen LogP contribution is 2.10. The molecule has 1 amide bonds. The Kier molecular flexibility index (Phi) is 4.08. The molecule has 0 saturated heterocycles. The molecule has 0 unspecified atom stereocenters. The Morgan fingerprint density at radius 3 is 2.71 bits per heavy atom. The first-order valence-corrected chi connectivity index (χ1v) is 5.16. The molecule has 1 aromatic heterocycles. The topological polar surface area (TPSA) is 90.5 Å². The molecule has 17 heavy (non-hydrogen) atoms. The van der Waals surface area contributed by atoms with E-state index in [1.165, 1.54) is 22.8 Å². The van der Waals surface area contributed by atoms with E-state index in [4.69, 9.17) is 10.5 Å². The number of rotatable bonds is 4. The number of hydrogen-bond donors (Lipinski definition) is 1. The lowest BCUT2D eigenvalue weighted by Gasteiger charge is -2.14. The summed E-state index contributed by atoms with van der Waals surface area (Å²) in [5.41, 5.74) is 6.05. The molecule has 94 valence electrons. The van der Waals surface area contributed by atoms with Crippen LogP contribution in [0, 0.1) is 0 Å². The van der Waals surface area contributed by atoms with Crippen LogP contribution in [0.5, 0.6) is 0 Å². The van der Waals surface area contributed by atoms with Gasteiger partial charge in [0.05, 0.1) is 12.3 Å². The lowest BCUT2D eigenvalue weighted by Crippen LogP contribution is -2.33. The normalized spacial score (nSPS) is 10.1. The van der Waals surface area contributed by atoms with Crippen LogP contribution in [-0.4, -0.2) is 46.8 Å². The smallest absolute Gasteiger partial charge is 0.325 e. The summed E-state index contributed by atoms with van der Waals surface area (Å²) in [6.45, 7) is 1.87. The van der Waals surface area contributed by atoms with Crippen molar-refractivity contribution >= 4 is 17.6 Å². The van der Waals surface area contributed by atoms with Crippen LogP contribution >= 0.6 is 0 Å². The van der Waals surface area contributed by atoms with Crippen molar-refractivity contribution in [3.63, 3.8) is 0 Å². The number of anilines is 1. The Balaban J connectivity index is 2.70. The Labute approximate surface area is 99.1 Å². The second-order valence-electron chi connectivity index (χ2n) is 3.57. The fraction of sp³-hybridized carbons (Fsp3) is 0.500. The molecular formula is C10H16N4O3. The van der Waals surface area contributed by atoms with Gasteiger partial charge < -0.3 is 15.4 Å². The predicted octanol–water partition coefficient (Wildman–Crippen LogP) is -0.363. The number of amides is 1. The van der Waals surface area contributed by atoms with Crippen molar-refractivity contribution in [2.75, 3.05) is 25.9 Å². The van der Waals surface area contributed by atoms with Crippen LogP contribution in [0.15, 0.2) is 6.20 Å². The van der Waals surface area contributed by atoms with Crippen LogP contribution in [-0.2, 0) is 16.6 Å². The third-order valence-corrected chi connectivity index (χ3v) is 2.08. The van der Waals surface area contributed by atoms with E-state index in [0.717, 1.165) is 0 Å². The molecule has 0 aliphatic carbocycles. The van der Waals surface area contributed by atoms with Crippen LogP contribution in [0.1, 0.15) is 17.4 Å². The van der Waals surface area contributed by atoms with Gasteiger partial charge in [0.15, 0.2) is 5.69 Å². The molecule has 0 bridgehead atoms. The SMILES string of the molecule is CCOC(=O)CN(C)C(=O)c1nn(C)cc1N. The zero-order valence-corrected chi connectivity index (χ0v) is 10.1. The Bertz CT molecular complexity index is 427. The summed E-state index contributed by atoms with van der Waals surface area (Å²) in [7, 11) is 3.16. The predicted molar refractivity (Wildman–Crippen MR) is 61.2 cm³/mol. The lowest BCUT2D eigenvalue weighted by atomic mass is 10.3. The molecule has 7 heteroatoms. The summed E-state index contributed by atoms with van der Waals surface area (Å²) in [6.07, 6.45) is 1.53. The Hall–Kier alpha value is -2.05. The highest BCUT2D eigenvalue weighted by Gasteiger charge is 2.20. The fourth-order valence-corrected chi connectivity index (χ4v) is 1.33. The lowest BCUT2D eigenvalue weighted by molar-refractivity contribution is -0.143. The third-order valence-electron chi connectivity index (χ3n) is 2.08. The molecule has 0 aliphatic heterocycles. The van der Waals surface area contributed by atoms with Crippen LogP contribution in [0.4, 0.5) is 5.69 Å². The van der Waals surface area contributed by atoms with E-state index in [2.05, 4.69) is 5.10 Å². The Morgan fingerprint density at radius 1 is 1.59 bits per heavy atom. The van der Waals surface area contributed by atoms with E-state index in [9.17, 15) is 9.59 Å². The van der Waals surface area contributed by atoms with Crippen molar-refractivity contribution in [1.82, 2.24) is 14.7 Å². The van der Waals surface area contributed by atoms with Gasteiger partial charge in [-0.25, -0.2) is 0 Å². The van der Waals surface area contributed by atoms with E-state index in [0.29, 0.717) is 0 Å². The number of nitrogens with zero attached hydrogens (tertiary/aromatic N) is 3. The van der Waals surface area contributed by atoms with Gasteiger partial charge >= 0.3 is 5.97 Å². The largest absolute Gasteiger partial charge is 0.465 e. The maximum absolute atomic E-state index is 11.9. The maximum Gasteiger partial charge on any atom is 0.325 e. The fourth-order valence-electron chi connectivity index (χ4n) is 1.33. The van der Waals surface area contributed by atoms with Gasteiger partial charge in [-0.3, -0.25) is 14.3 Å². The standard InChI is InChI=1S/C10H16N4O3/c1-4-17-8(15)6-13(2)10(16)9-7(11)5-14(3)12-9/h5H,4,6,11H2,1-3H3. The van der Waals surface area contributed by atoms with Gasteiger partial charge in [0.25, 0.3) is 5.91 Å². The third kappa shape index (κ3) is 3.20.